The second kappa shape index (κ2) is 5.17. The number of nitro groups is 1. The number of anilines is 1. The minimum atomic E-state index is -0.948. The van der Waals surface area contributed by atoms with Crippen molar-refractivity contribution in [2.45, 2.75) is 39.2 Å². The summed E-state index contributed by atoms with van der Waals surface area (Å²) in [5.74, 6) is 0.499. The van der Waals surface area contributed by atoms with E-state index < -0.39 is 5.54 Å². The maximum absolute atomic E-state index is 10.8. The minimum absolute atomic E-state index is 0.261. The Balaban J connectivity index is 2.62. The molecule has 0 saturated heterocycles. The highest BCUT2D eigenvalue weighted by Crippen LogP contribution is 2.18. The molecule has 1 aromatic rings. The van der Waals surface area contributed by atoms with Crippen molar-refractivity contribution in [3.8, 4) is 0 Å². The van der Waals surface area contributed by atoms with Crippen molar-refractivity contribution >= 4 is 5.69 Å². The van der Waals surface area contributed by atoms with E-state index in [1.165, 1.54) is 5.56 Å². The fraction of sp³-hybridized carbons (Fsp3) is 0.538. The molecular formula is C13H20N2O2. The molecular weight excluding hydrogens is 216 g/mol. The van der Waals surface area contributed by atoms with Gasteiger partial charge in [0.25, 0.3) is 0 Å². The summed E-state index contributed by atoms with van der Waals surface area (Å²) >= 11 is 0. The molecule has 1 aromatic carbocycles. The molecule has 1 N–H and O–H groups in total. The van der Waals surface area contributed by atoms with E-state index in [0.717, 1.165) is 5.69 Å². The third kappa shape index (κ3) is 3.73. The van der Waals surface area contributed by atoms with Gasteiger partial charge in [0.2, 0.25) is 5.54 Å². The molecule has 0 aliphatic heterocycles. The largest absolute Gasteiger partial charge is 0.378 e. The topological polar surface area (TPSA) is 55.2 Å². The average molecular weight is 236 g/mol. The van der Waals surface area contributed by atoms with Crippen LogP contribution in [0.3, 0.4) is 0 Å². The van der Waals surface area contributed by atoms with Crippen molar-refractivity contribution in [3.05, 3.63) is 39.9 Å². The summed E-state index contributed by atoms with van der Waals surface area (Å²) in [7, 11) is 0. The van der Waals surface area contributed by atoms with Crippen LogP contribution in [0.25, 0.3) is 0 Å². The lowest BCUT2D eigenvalue weighted by molar-refractivity contribution is -0.556. The van der Waals surface area contributed by atoms with Crippen LogP contribution in [0.5, 0.6) is 0 Å². The molecule has 4 nitrogen and oxygen atoms in total. The van der Waals surface area contributed by atoms with Crippen molar-refractivity contribution in [1.82, 2.24) is 0 Å². The molecule has 0 saturated carbocycles. The molecule has 4 heteroatoms. The van der Waals surface area contributed by atoms with E-state index in [-0.39, 0.29) is 4.92 Å². The van der Waals surface area contributed by atoms with Gasteiger partial charge in [-0.2, -0.15) is 0 Å². The third-order valence-electron chi connectivity index (χ3n) is 2.80. The Labute approximate surface area is 102 Å². The third-order valence-corrected chi connectivity index (χ3v) is 2.80. The second-order valence-electron chi connectivity index (χ2n) is 5.20. The molecule has 0 heterocycles. The predicted octanol–water partition coefficient (Wildman–Crippen LogP) is 3.28. The molecule has 0 aliphatic carbocycles. The van der Waals surface area contributed by atoms with E-state index in [2.05, 4.69) is 19.2 Å². The van der Waals surface area contributed by atoms with Gasteiger partial charge in [0.05, 0.1) is 6.54 Å². The van der Waals surface area contributed by atoms with Crippen LogP contribution in [0.15, 0.2) is 24.3 Å². The summed E-state index contributed by atoms with van der Waals surface area (Å²) in [6, 6.07) is 8.02. The second-order valence-corrected chi connectivity index (χ2v) is 5.20. The Morgan fingerprint density at radius 2 is 1.82 bits per heavy atom. The van der Waals surface area contributed by atoms with E-state index in [4.69, 9.17) is 0 Å². The Hall–Kier alpha value is -1.58. The van der Waals surface area contributed by atoms with Crippen molar-refractivity contribution in [2.24, 2.45) is 0 Å². The van der Waals surface area contributed by atoms with Crippen molar-refractivity contribution in [3.63, 3.8) is 0 Å². The molecule has 0 spiro atoms. The molecule has 0 amide bonds. The maximum atomic E-state index is 10.8. The molecule has 0 atom stereocenters. The van der Waals surface area contributed by atoms with Gasteiger partial charge in [-0.1, -0.05) is 26.0 Å². The lowest BCUT2D eigenvalue weighted by Crippen LogP contribution is -2.38. The molecule has 0 aliphatic rings. The first-order valence-electron chi connectivity index (χ1n) is 5.81. The lowest BCUT2D eigenvalue weighted by atomic mass is 10.0. The van der Waals surface area contributed by atoms with Crippen LogP contribution < -0.4 is 5.32 Å². The van der Waals surface area contributed by atoms with Crippen molar-refractivity contribution in [2.75, 3.05) is 11.9 Å². The maximum Gasteiger partial charge on any atom is 0.233 e. The van der Waals surface area contributed by atoms with Crippen LogP contribution in [0.4, 0.5) is 5.69 Å². The van der Waals surface area contributed by atoms with Gasteiger partial charge >= 0.3 is 0 Å². The molecule has 0 radical (unpaired) electrons. The fourth-order valence-electron chi connectivity index (χ4n) is 1.37. The van der Waals surface area contributed by atoms with Gasteiger partial charge < -0.3 is 5.32 Å². The summed E-state index contributed by atoms with van der Waals surface area (Å²) in [6.07, 6.45) is 0. The number of benzene rings is 1. The average Bonchev–Trinajstić information content (AvgIpc) is 2.27. The molecule has 0 bridgehead atoms. The van der Waals surface area contributed by atoms with Crippen molar-refractivity contribution in [1.29, 1.82) is 0 Å². The summed E-state index contributed by atoms with van der Waals surface area (Å²) in [5, 5.41) is 13.8. The summed E-state index contributed by atoms with van der Waals surface area (Å²) in [5.41, 5.74) is 1.24. The molecule has 94 valence electrons. The first kappa shape index (κ1) is 13.5. The zero-order valence-electron chi connectivity index (χ0n) is 10.9. The Morgan fingerprint density at radius 3 is 2.24 bits per heavy atom. The van der Waals surface area contributed by atoms with Crippen LogP contribution in [-0.4, -0.2) is 17.0 Å². The van der Waals surface area contributed by atoms with E-state index in [9.17, 15) is 10.1 Å². The zero-order chi connectivity index (χ0) is 13.1. The van der Waals surface area contributed by atoms with E-state index in [0.29, 0.717) is 12.5 Å². The van der Waals surface area contributed by atoms with E-state index >= 15 is 0 Å². The fourth-order valence-corrected chi connectivity index (χ4v) is 1.37. The highest BCUT2D eigenvalue weighted by Gasteiger charge is 2.30. The molecule has 1 rings (SSSR count). The summed E-state index contributed by atoms with van der Waals surface area (Å²) in [4.78, 5) is 10.5. The number of hydrogen-bond donors (Lipinski definition) is 1. The smallest absolute Gasteiger partial charge is 0.233 e. The molecule has 0 fully saturated rings. The van der Waals surface area contributed by atoms with Crippen LogP contribution in [0.1, 0.15) is 39.2 Å². The Morgan fingerprint density at radius 1 is 1.29 bits per heavy atom. The number of rotatable bonds is 5. The van der Waals surface area contributed by atoms with Gasteiger partial charge in [-0.25, -0.2) is 0 Å². The van der Waals surface area contributed by atoms with Crippen molar-refractivity contribution < 1.29 is 4.92 Å². The Kier molecular flexibility index (Phi) is 4.10. The number of hydrogen-bond acceptors (Lipinski definition) is 3. The molecule has 17 heavy (non-hydrogen) atoms. The van der Waals surface area contributed by atoms with E-state index in [1.54, 1.807) is 13.8 Å². The first-order valence-corrected chi connectivity index (χ1v) is 5.81. The minimum Gasteiger partial charge on any atom is -0.378 e. The van der Waals surface area contributed by atoms with Crippen LogP contribution in [0, 0.1) is 10.1 Å². The van der Waals surface area contributed by atoms with Gasteiger partial charge in [0.15, 0.2) is 0 Å². The van der Waals surface area contributed by atoms with Gasteiger partial charge in [-0.3, -0.25) is 10.1 Å². The monoisotopic (exact) mass is 236 g/mol. The zero-order valence-corrected chi connectivity index (χ0v) is 10.9. The lowest BCUT2D eigenvalue weighted by Gasteiger charge is -2.17. The van der Waals surface area contributed by atoms with E-state index in [1.807, 2.05) is 24.3 Å². The number of nitrogens with zero attached hydrogens (tertiary/aromatic N) is 1. The summed E-state index contributed by atoms with van der Waals surface area (Å²) in [6.45, 7) is 7.82. The number of nitrogens with one attached hydrogen (secondary N) is 1. The van der Waals surface area contributed by atoms with Crippen LogP contribution >= 0.6 is 0 Å². The van der Waals surface area contributed by atoms with Gasteiger partial charge in [0, 0.05) is 24.5 Å². The standard InChI is InChI=1S/C13H20N2O2/c1-10(2)11-5-7-12(8-6-11)14-9-13(3,4)15(16)17/h5-8,10,14H,9H2,1-4H3. The molecule has 0 aromatic heterocycles. The van der Waals surface area contributed by atoms with Crippen LogP contribution in [0.2, 0.25) is 0 Å². The summed E-state index contributed by atoms with van der Waals surface area (Å²) < 4.78 is 0. The highest BCUT2D eigenvalue weighted by molar-refractivity contribution is 5.45. The van der Waals surface area contributed by atoms with Gasteiger partial charge in [-0.15, -0.1) is 0 Å². The van der Waals surface area contributed by atoms with Crippen LogP contribution in [-0.2, 0) is 0 Å². The highest BCUT2D eigenvalue weighted by atomic mass is 16.6. The quantitative estimate of drug-likeness (QED) is 0.630. The SMILES string of the molecule is CC(C)c1ccc(NCC(C)(C)[N+](=O)[O-])cc1. The Bertz CT molecular complexity index is 383. The predicted molar refractivity (Wildman–Crippen MR) is 70.1 cm³/mol. The molecule has 0 unspecified atom stereocenters. The normalized spacial score (nSPS) is 11.6. The van der Waals surface area contributed by atoms with Gasteiger partial charge in [0.1, 0.15) is 0 Å². The first-order chi connectivity index (χ1) is 7.83. The van der Waals surface area contributed by atoms with Gasteiger partial charge in [-0.05, 0) is 23.6 Å².